The van der Waals surface area contributed by atoms with Crippen molar-refractivity contribution in [1.29, 1.82) is 0 Å². The summed E-state index contributed by atoms with van der Waals surface area (Å²) in [7, 11) is -0.713. The number of hydrogen-bond acceptors (Lipinski definition) is 7. The van der Waals surface area contributed by atoms with Crippen molar-refractivity contribution in [2.45, 2.75) is 13.0 Å². The number of anilines is 1. The van der Waals surface area contributed by atoms with Gasteiger partial charge in [-0.1, -0.05) is 24.3 Å². The van der Waals surface area contributed by atoms with E-state index >= 15 is 0 Å². The monoisotopic (exact) mass is 495 g/mol. The van der Waals surface area contributed by atoms with Crippen LogP contribution in [0.2, 0.25) is 0 Å². The van der Waals surface area contributed by atoms with Crippen molar-refractivity contribution in [2.75, 3.05) is 64.8 Å². The van der Waals surface area contributed by atoms with Crippen LogP contribution >= 0.6 is 0 Å². The van der Waals surface area contributed by atoms with Crippen molar-refractivity contribution >= 4 is 28.0 Å². The quantitative estimate of drug-likeness (QED) is 0.155. The van der Waals surface area contributed by atoms with Crippen molar-refractivity contribution in [3.05, 3.63) is 59.9 Å². The molecule has 0 aliphatic carbocycles. The lowest BCUT2D eigenvalue weighted by molar-refractivity contribution is -0.696. The smallest absolute Gasteiger partial charge is 0.265 e. The number of benzene rings is 1. The van der Waals surface area contributed by atoms with E-state index in [9.17, 15) is 8.42 Å². The Hall–Kier alpha value is -2.34. The minimum Gasteiger partial charge on any atom is -0.367 e. The predicted molar refractivity (Wildman–Crippen MR) is 131 cm³/mol. The van der Waals surface area contributed by atoms with Gasteiger partial charge in [-0.05, 0) is 23.3 Å². The van der Waals surface area contributed by atoms with Gasteiger partial charge in [-0.25, -0.2) is 4.57 Å². The number of hydrogen-bond donors (Lipinski definition) is 1. The van der Waals surface area contributed by atoms with Crippen LogP contribution in [0, 0.1) is 0 Å². The zero-order valence-electron chi connectivity index (χ0n) is 19.8. The first-order valence-corrected chi connectivity index (χ1v) is 12.6. The van der Waals surface area contributed by atoms with Gasteiger partial charge in [-0.15, -0.1) is 0 Å². The van der Waals surface area contributed by atoms with Crippen LogP contribution in [0.4, 0.5) is 5.69 Å². The highest BCUT2D eigenvalue weighted by atomic mass is 32.2. The summed E-state index contributed by atoms with van der Waals surface area (Å²) in [6.07, 6.45) is 8.20. The van der Waals surface area contributed by atoms with E-state index in [1.54, 1.807) is 14.2 Å². The minimum absolute atomic E-state index is 0.241. The van der Waals surface area contributed by atoms with Crippen LogP contribution in [-0.2, 0) is 35.6 Å². The van der Waals surface area contributed by atoms with Crippen LogP contribution in [0.5, 0.6) is 0 Å². The number of pyridine rings is 1. The van der Waals surface area contributed by atoms with Crippen molar-refractivity contribution in [3.63, 3.8) is 0 Å². The Balaban J connectivity index is 1.92. The molecule has 0 amide bonds. The van der Waals surface area contributed by atoms with E-state index in [0.29, 0.717) is 39.3 Å². The summed E-state index contributed by atoms with van der Waals surface area (Å²) in [5.74, 6) is -0.241. The van der Waals surface area contributed by atoms with E-state index in [0.717, 1.165) is 16.8 Å². The molecule has 1 N–H and O–H groups in total. The third kappa shape index (κ3) is 11.7. The van der Waals surface area contributed by atoms with E-state index in [1.807, 2.05) is 41.2 Å². The molecule has 1 aromatic heterocycles. The normalized spacial score (nSPS) is 11.9. The van der Waals surface area contributed by atoms with Gasteiger partial charge in [0.15, 0.2) is 12.4 Å². The first-order chi connectivity index (χ1) is 16.4. The molecule has 0 radical (unpaired) electrons. The van der Waals surface area contributed by atoms with Crippen LogP contribution in [0.15, 0.2) is 48.8 Å². The number of methoxy groups -OCH3 is 2. The molecule has 0 aliphatic rings. The molecule has 1 heterocycles. The summed E-state index contributed by atoms with van der Waals surface area (Å²) < 4.78 is 53.1. The van der Waals surface area contributed by atoms with Gasteiger partial charge in [-0.2, -0.15) is 8.42 Å². The Morgan fingerprint density at radius 3 is 1.91 bits per heavy atom. The Labute approximate surface area is 202 Å². The molecule has 0 bridgehead atoms. The highest BCUT2D eigenvalue weighted by Crippen LogP contribution is 2.17. The third-order valence-corrected chi connectivity index (χ3v) is 5.68. The van der Waals surface area contributed by atoms with Crippen LogP contribution in [0.25, 0.3) is 12.2 Å². The highest BCUT2D eigenvalue weighted by Gasteiger charge is 2.08. The van der Waals surface area contributed by atoms with Gasteiger partial charge in [0, 0.05) is 51.6 Å². The second kappa shape index (κ2) is 15.5. The molecule has 34 heavy (non-hydrogen) atoms. The van der Waals surface area contributed by atoms with Crippen molar-refractivity contribution < 1.29 is 36.5 Å². The topological polar surface area (TPSA) is 98.4 Å². The number of aryl methyl sites for hydroxylation is 1. The molecular weight excluding hydrogens is 460 g/mol. The number of ether oxygens (including phenoxy) is 4. The van der Waals surface area contributed by atoms with Crippen molar-refractivity contribution in [3.8, 4) is 0 Å². The van der Waals surface area contributed by atoms with Gasteiger partial charge in [0.05, 0.1) is 19.0 Å². The Morgan fingerprint density at radius 2 is 1.41 bits per heavy atom. The molecule has 2 rings (SSSR count). The van der Waals surface area contributed by atoms with Gasteiger partial charge >= 0.3 is 0 Å². The summed E-state index contributed by atoms with van der Waals surface area (Å²) in [6.45, 7) is 3.57. The molecule has 0 saturated carbocycles. The standard InChI is InChI=1S/C24H34N2O7S/c1-30-20-32-17-15-26(16-18-33-21-31-2)24-8-6-22(7-9-24)4-5-23-10-13-25(14-11-23)12-3-19-34(27,28)29/h4-11,13-14H,3,12,15-21H2,1-2H3/p+1. The first-order valence-electron chi connectivity index (χ1n) is 11.0. The van der Waals surface area contributed by atoms with Gasteiger partial charge in [0.25, 0.3) is 10.1 Å². The number of rotatable bonds is 17. The van der Waals surface area contributed by atoms with Crippen molar-refractivity contribution in [2.24, 2.45) is 0 Å². The summed E-state index contributed by atoms with van der Waals surface area (Å²) in [5.41, 5.74) is 3.17. The molecule has 2 aromatic rings. The molecule has 0 unspecified atom stereocenters. The van der Waals surface area contributed by atoms with E-state index in [2.05, 4.69) is 29.2 Å². The van der Waals surface area contributed by atoms with Gasteiger partial charge in [0.1, 0.15) is 20.1 Å². The van der Waals surface area contributed by atoms with Crippen LogP contribution in [0.1, 0.15) is 17.5 Å². The Bertz CT molecular complexity index is 936. The zero-order valence-corrected chi connectivity index (χ0v) is 20.7. The summed E-state index contributed by atoms with van der Waals surface area (Å²) in [5, 5.41) is 0. The SMILES string of the molecule is COCOCCN(CCOCOC)c1ccc(/C=C/c2cc[n+](CCCS(=O)(=O)O)cc2)cc1. The van der Waals surface area contributed by atoms with Crippen LogP contribution < -0.4 is 9.47 Å². The average Bonchev–Trinajstić information content (AvgIpc) is 2.82. The van der Waals surface area contributed by atoms with E-state index < -0.39 is 10.1 Å². The molecule has 10 heteroatoms. The maximum Gasteiger partial charge on any atom is 0.265 e. The zero-order chi connectivity index (χ0) is 24.7. The lowest BCUT2D eigenvalue weighted by Crippen LogP contribution is -2.33. The fraction of sp³-hybridized carbons (Fsp3) is 0.458. The third-order valence-electron chi connectivity index (χ3n) is 4.88. The number of aromatic nitrogens is 1. The molecule has 0 aliphatic heterocycles. The van der Waals surface area contributed by atoms with E-state index in [-0.39, 0.29) is 19.3 Å². The van der Waals surface area contributed by atoms with E-state index in [4.69, 9.17) is 23.5 Å². The Kier molecular flexibility index (Phi) is 12.8. The van der Waals surface area contributed by atoms with Gasteiger partial charge in [-0.3, -0.25) is 4.55 Å². The maximum absolute atomic E-state index is 10.8. The summed E-state index contributed by atoms with van der Waals surface area (Å²) in [4.78, 5) is 2.19. The largest absolute Gasteiger partial charge is 0.367 e. The lowest BCUT2D eigenvalue weighted by atomic mass is 10.1. The Morgan fingerprint density at radius 1 is 0.882 bits per heavy atom. The molecule has 0 atom stereocenters. The molecule has 9 nitrogen and oxygen atoms in total. The van der Waals surface area contributed by atoms with Gasteiger partial charge < -0.3 is 23.8 Å². The minimum atomic E-state index is -3.91. The molecule has 1 aromatic carbocycles. The first kappa shape index (κ1) is 27.9. The highest BCUT2D eigenvalue weighted by molar-refractivity contribution is 7.85. The molecule has 0 saturated heterocycles. The second-order valence-electron chi connectivity index (χ2n) is 7.55. The van der Waals surface area contributed by atoms with Gasteiger partial charge in [0.2, 0.25) is 0 Å². The summed E-state index contributed by atoms with van der Waals surface area (Å²) >= 11 is 0. The number of nitrogens with zero attached hydrogens (tertiary/aromatic N) is 2. The maximum atomic E-state index is 10.8. The predicted octanol–water partition coefficient (Wildman–Crippen LogP) is 2.47. The average molecular weight is 496 g/mol. The fourth-order valence-electron chi connectivity index (χ4n) is 3.15. The molecular formula is C24H35N2O7S+. The van der Waals surface area contributed by atoms with Crippen LogP contribution in [0.3, 0.4) is 0 Å². The fourth-order valence-corrected chi connectivity index (χ4v) is 3.65. The molecule has 0 fully saturated rings. The lowest BCUT2D eigenvalue weighted by Gasteiger charge is -2.25. The van der Waals surface area contributed by atoms with Crippen molar-refractivity contribution in [1.82, 2.24) is 0 Å². The second-order valence-corrected chi connectivity index (χ2v) is 9.12. The molecule has 188 valence electrons. The summed E-state index contributed by atoms with van der Waals surface area (Å²) in [6, 6.07) is 12.2. The van der Waals surface area contributed by atoms with Crippen LogP contribution in [-0.4, -0.2) is 72.8 Å². The van der Waals surface area contributed by atoms with E-state index in [1.165, 1.54) is 0 Å². The molecule has 0 spiro atoms.